The fraction of sp³-hybridized carbons (Fsp3) is 0.476. The molecule has 1 aromatic carbocycles. The van der Waals surface area contributed by atoms with E-state index in [2.05, 4.69) is 20.8 Å². The number of β-amino-alcohol motifs (C(OH)–C–C–N with tert-alkyl or cyclic N) is 1. The van der Waals surface area contributed by atoms with Crippen molar-refractivity contribution in [3.8, 4) is 0 Å². The van der Waals surface area contributed by atoms with Crippen LogP contribution >= 0.6 is 11.3 Å². The van der Waals surface area contributed by atoms with Crippen LogP contribution in [0.5, 0.6) is 0 Å². The van der Waals surface area contributed by atoms with E-state index >= 15 is 0 Å². The highest BCUT2D eigenvalue weighted by Crippen LogP contribution is 2.33. The lowest BCUT2D eigenvalue weighted by molar-refractivity contribution is 0.0548. The average molecular weight is 492 g/mol. The van der Waals surface area contributed by atoms with Crippen molar-refractivity contribution >= 4 is 42.6 Å². The van der Waals surface area contributed by atoms with E-state index < -0.39 is 16.1 Å². The maximum Gasteiger partial charge on any atom is 0.289 e. The number of aliphatic hydroxyl groups is 1. The molecule has 2 fully saturated rings. The summed E-state index contributed by atoms with van der Waals surface area (Å²) in [5, 5.41) is 20.3. The molecule has 1 aliphatic carbocycles. The minimum atomic E-state index is -3.59. The van der Waals surface area contributed by atoms with Crippen LogP contribution in [0.1, 0.15) is 35.5 Å². The molecule has 0 spiro atoms. The molecule has 3 heterocycles. The Hall–Kier alpha value is -2.54. The zero-order valence-corrected chi connectivity index (χ0v) is 19.7. The van der Waals surface area contributed by atoms with Crippen LogP contribution in [0.15, 0.2) is 33.7 Å². The number of hydrogen-bond acceptors (Lipinski definition) is 9. The first-order chi connectivity index (χ1) is 15.8. The lowest BCUT2D eigenvalue weighted by Gasteiger charge is -2.34. The molecular formula is C21H25N5O5S2. The van der Waals surface area contributed by atoms with Gasteiger partial charge in [0.2, 0.25) is 15.8 Å². The molecule has 10 nitrogen and oxygen atoms in total. The zero-order valence-electron chi connectivity index (χ0n) is 18.0. The molecule has 2 aliphatic rings. The quantitative estimate of drug-likeness (QED) is 0.456. The highest BCUT2D eigenvalue weighted by Gasteiger charge is 2.35. The molecule has 1 saturated heterocycles. The molecule has 1 aliphatic heterocycles. The van der Waals surface area contributed by atoms with Gasteiger partial charge in [0.05, 0.1) is 26.9 Å². The Bertz CT molecular complexity index is 1280. The van der Waals surface area contributed by atoms with Gasteiger partial charge in [0.25, 0.3) is 5.91 Å². The maximum absolute atomic E-state index is 12.7. The molecule has 0 unspecified atom stereocenters. The number of thiazole rings is 1. The van der Waals surface area contributed by atoms with Crippen LogP contribution in [0.2, 0.25) is 0 Å². The lowest BCUT2D eigenvalue weighted by atomic mass is 10.1. The van der Waals surface area contributed by atoms with Crippen LogP contribution < -0.4 is 10.6 Å². The highest BCUT2D eigenvalue weighted by atomic mass is 32.2. The first kappa shape index (κ1) is 22.3. The fourth-order valence-electron chi connectivity index (χ4n) is 4.25. The van der Waals surface area contributed by atoms with Gasteiger partial charge in [0.15, 0.2) is 5.13 Å². The minimum Gasteiger partial charge on any atom is -0.390 e. The number of anilines is 1. The van der Waals surface area contributed by atoms with Gasteiger partial charge in [0, 0.05) is 31.7 Å². The molecule has 3 aromatic rings. The van der Waals surface area contributed by atoms with E-state index in [0.29, 0.717) is 18.2 Å². The highest BCUT2D eigenvalue weighted by molar-refractivity contribution is 7.89. The van der Waals surface area contributed by atoms with E-state index in [0.717, 1.165) is 34.6 Å². The van der Waals surface area contributed by atoms with Crippen molar-refractivity contribution in [2.45, 2.75) is 43.2 Å². The van der Waals surface area contributed by atoms with Crippen molar-refractivity contribution in [2.24, 2.45) is 5.92 Å². The van der Waals surface area contributed by atoms with Crippen molar-refractivity contribution in [1.29, 1.82) is 0 Å². The van der Waals surface area contributed by atoms with E-state index in [1.807, 2.05) is 0 Å². The molecule has 1 amide bonds. The first-order valence-corrected chi connectivity index (χ1v) is 13.1. The third-order valence-corrected chi connectivity index (χ3v) is 8.88. The number of sulfonamides is 1. The van der Waals surface area contributed by atoms with Crippen molar-refractivity contribution < 1.29 is 22.8 Å². The van der Waals surface area contributed by atoms with Crippen LogP contribution in [-0.4, -0.2) is 65.7 Å². The van der Waals surface area contributed by atoms with E-state index in [1.54, 1.807) is 31.2 Å². The smallest absolute Gasteiger partial charge is 0.289 e. The molecule has 0 bridgehead atoms. The predicted molar refractivity (Wildman–Crippen MR) is 123 cm³/mol. The molecule has 0 radical (unpaired) electrons. The van der Waals surface area contributed by atoms with Crippen LogP contribution in [0.4, 0.5) is 5.13 Å². The number of carbonyl (C=O) groups is 1. The number of benzene rings is 1. The van der Waals surface area contributed by atoms with Gasteiger partial charge >= 0.3 is 0 Å². The van der Waals surface area contributed by atoms with Crippen LogP contribution in [0.25, 0.3) is 10.2 Å². The Morgan fingerprint density at radius 1 is 1.30 bits per heavy atom. The van der Waals surface area contributed by atoms with Crippen molar-refractivity contribution in [1.82, 2.24) is 19.8 Å². The Morgan fingerprint density at radius 2 is 2.12 bits per heavy atom. The number of nitrogens with zero attached hydrogens (tertiary/aromatic N) is 3. The number of aryl methyl sites for hydroxylation is 1. The van der Waals surface area contributed by atoms with Gasteiger partial charge in [-0.05, 0) is 50.3 Å². The second-order valence-corrected chi connectivity index (χ2v) is 11.7. The topological polar surface area (TPSA) is 138 Å². The van der Waals surface area contributed by atoms with Gasteiger partial charge in [-0.3, -0.25) is 4.79 Å². The number of rotatable bonds is 7. The molecule has 176 valence electrons. The minimum absolute atomic E-state index is 0.136. The zero-order chi connectivity index (χ0) is 23.2. The number of aromatic nitrogens is 2. The summed E-state index contributed by atoms with van der Waals surface area (Å²) in [4.78, 5) is 17.0. The van der Waals surface area contributed by atoms with Gasteiger partial charge in [0.1, 0.15) is 0 Å². The largest absolute Gasteiger partial charge is 0.390 e. The van der Waals surface area contributed by atoms with Crippen molar-refractivity contribution in [2.75, 3.05) is 25.0 Å². The third kappa shape index (κ3) is 4.60. The van der Waals surface area contributed by atoms with Gasteiger partial charge in [-0.1, -0.05) is 16.5 Å². The molecule has 5 rings (SSSR count). The number of fused-ring (bicyclic) bond motifs is 1. The van der Waals surface area contributed by atoms with Gasteiger partial charge in [-0.15, -0.1) is 0 Å². The second-order valence-electron chi connectivity index (χ2n) is 8.69. The summed E-state index contributed by atoms with van der Waals surface area (Å²) in [5.41, 5.74) is 1.42. The van der Waals surface area contributed by atoms with Gasteiger partial charge in [-0.25, -0.2) is 13.4 Å². The first-order valence-electron chi connectivity index (χ1n) is 10.8. The number of hydrogen-bond donors (Lipinski definition) is 3. The molecule has 2 atom stereocenters. The van der Waals surface area contributed by atoms with E-state index in [1.165, 1.54) is 15.6 Å². The Labute approximate surface area is 195 Å². The van der Waals surface area contributed by atoms with Crippen molar-refractivity contribution in [3.05, 3.63) is 35.7 Å². The average Bonchev–Trinajstić information content (AvgIpc) is 3.48. The van der Waals surface area contributed by atoms with Crippen LogP contribution in [-0.2, 0) is 10.0 Å². The molecule has 12 heteroatoms. The molecule has 2 aromatic heterocycles. The summed E-state index contributed by atoms with van der Waals surface area (Å²) in [6.45, 7) is 2.62. The lowest BCUT2D eigenvalue weighted by Crippen LogP contribution is -2.53. The van der Waals surface area contributed by atoms with E-state index in [-0.39, 0.29) is 35.7 Å². The summed E-state index contributed by atoms with van der Waals surface area (Å²) in [5.74, 6) is 0.325. The fourth-order valence-corrected chi connectivity index (χ4v) is 6.85. The summed E-state index contributed by atoms with van der Waals surface area (Å²) >= 11 is 1.43. The molecule has 1 saturated carbocycles. The Morgan fingerprint density at radius 3 is 2.85 bits per heavy atom. The third-order valence-electron chi connectivity index (χ3n) is 6.10. The number of nitrogens with one attached hydrogen (secondary N) is 2. The molecule has 33 heavy (non-hydrogen) atoms. The normalized spacial score (nSPS) is 21.9. The van der Waals surface area contributed by atoms with Gasteiger partial charge in [-0.2, -0.15) is 4.31 Å². The number of carbonyl (C=O) groups excluding carboxylic acids is 1. The van der Waals surface area contributed by atoms with Crippen molar-refractivity contribution in [3.63, 3.8) is 0 Å². The Balaban J connectivity index is 1.18. The molecule has 3 N–H and O–H groups in total. The summed E-state index contributed by atoms with van der Waals surface area (Å²) in [7, 11) is -3.59. The Kier molecular flexibility index (Phi) is 5.85. The van der Waals surface area contributed by atoms with Crippen LogP contribution in [0.3, 0.4) is 0 Å². The number of amides is 1. The standard InChI is InChI=1S/C21H25N5O5S2/c1-12-6-18(31-25-12)20(28)22-9-13-2-3-14(7-13)23-21-24-17-5-4-16(8-19(17)32-21)33(29,30)26-10-15(27)11-26/h4-6,8,13-15,27H,2-3,7,9-11H2,1H3,(H,22,28)(H,23,24)/t13-,14+/m1/s1. The van der Waals surface area contributed by atoms with Gasteiger partial charge < -0.3 is 20.3 Å². The number of aliphatic hydroxyl groups excluding tert-OH is 1. The van der Waals surface area contributed by atoms with E-state index in [9.17, 15) is 18.3 Å². The maximum atomic E-state index is 12.7. The molecular weight excluding hydrogens is 466 g/mol. The van der Waals surface area contributed by atoms with Crippen LogP contribution in [0, 0.1) is 12.8 Å². The second kappa shape index (κ2) is 8.67. The van der Waals surface area contributed by atoms with E-state index in [4.69, 9.17) is 4.52 Å². The summed E-state index contributed by atoms with van der Waals surface area (Å²) in [6.07, 6.45) is 2.28. The predicted octanol–water partition coefficient (Wildman–Crippen LogP) is 1.97. The summed E-state index contributed by atoms with van der Waals surface area (Å²) < 4.78 is 32.4. The monoisotopic (exact) mass is 491 g/mol. The summed E-state index contributed by atoms with van der Waals surface area (Å²) in [6, 6.07) is 6.79. The SMILES string of the molecule is Cc1cc(C(=O)NC[C@@H]2CC[C@H](Nc3nc4ccc(S(=O)(=O)N5CC(O)C5)cc4s3)C2)on1.